The molecule has 0 radical (unpaired) electrons. The number of hydrogen-bond donors (Lipinski definition) is 1. The molecule has 1 aromatic carbocycles. The summed E-state index contributed by atoms with van der Waals surface area (Å²) in [6, 6.07) is 8.32. The smallest absolute Gasteiger partial charge is 0.157 e. The van der Waals surface area contributed by atoms with Gasteiger partial charge >= 0.3 is 0 Å². The first-order valence-corrected chi connectivity index (χ1v) is 5.98. The average molecular weight is 217 g/mol. The van der Waals surface area contributed by atoms with Gasteiger partial charge in [-0.1, -0.05) is 36.2 Å². The number of Topliss-reactive ketones (excluding diaryl/α,β-unsaturated/α-hetero) is 1. The van der Waals surface area contributed by atoms with Gasteiger partial charge in [0.2, 0.25) is 0 Å². The summed E-state index contributed by atoms with van der Waals surface area (Å²) in [6.07, 6.45) is 3.79. The Labute approximate surface area is 97.1 Å². The number of benzene rings is 1. The van der Waals surface area contributed by atoms with Crippen LogP contribution in [-0.2, 0) is 10.3 Å². The highest BCUT2D eigenvalue weighted by molar-refractivity contribution is 5.90. The third-order valence-corrected chi connectivity index (χ3v) is 3.65. The van der Waals surface area contributed by atoms with Crippen LogP contribution in [0.15, 0.2) is 24.3 Å². The van der Waals surface area contributed by atoms with Gasteiger partial charge in [-0.05, 0) is 32.4 Å². The molecule has 0 heterocycles. The second-order valence-electron chi connectivity index (χ2n) is 4.65. The third-order valence-electron chi connectivity index (χ3n) is 3.65. The lowest BCUT2D eigenvalue weighted by atomic mass is 9.75. The summed E-state index contributed by atoms with van der Waals surface area (Å²) in [6.45, 7) is 2.07. The van der Waals surface area contributed by atoms with E-state index in [0.29, 0.717) is 12.2 Å². The molecule has 1 aliphatic rings. The Hall–Kier alpha value is -1.15. The minimum Gasteiger partial charge on any atom is -0.304 e. The van der Waals surface area contributed by atoms with Gasteiger partial charge in [0.15, 0.2) is 5.78 Å². The van der Waals surface area contributed by atoms with E-state index in [1.807, 2.05) is 7.05 Å². The third kappa shape index (κ3) is 1.78. The molecule has 0 saturated heterocycles. The topological polar surface area (TPSA) is 29.1 Å². The Morgan fingerprint density at radius 1 is 1.19 bits per heavy atom. The van der Waals surface area contributed by atoms with Gasteiger partial charge in [-0.2, -0.15) is 0 Å². The van der Waals surface area contributed by atoms with Crippen LogP contribution in [0.2, 0.25) is 0 Å². The van der Waals surface area contributed by atoms with Crippen molar-refractivity contribution in [3.05, 3.63) is 35.4 Å². The SMILES string of the molecule is CNC1(c2ccc(C)cc2)CCCCC1=O. The summed E-state index contributed by atoms with van der Waals surface area (Å²) in [7, 11) is 1.89. The number of rotatable bonds is 2. The van der Waals surface area contributed by atoms with E-state index in [9.17, 15) is 4.79 Å². The lowest BCUT2D eigenvalue weighted by molar-refractivity contribution is -0.127. The van der Waals surface area contributed by atoms with Crippen LogP contribution in [-0.4, -0.2) is 12.8 Å². The highest BCUT2D eigenvalue weighted by Crippen LogP contribution is 2.34. The molecule has 1 atom stereocenters. The zero-order chi connectivity index (χ0) is 11.6. The molecule has 1 N–H and O–H groups in total. The summed E-state index contributed by atoms with van der Waals surface area (Å²) in [5.41, 5.74) is 1.93. The standard InChI is InChI=1S/C14H19NO/c1-11-6-8-12(9-7-11)14(15-2)10-4-3-5-13(14)16/h6-9,15H,3-5,10H2,1-2H3. The maximum atomic E-state index is 12.2. The van der Waals surface area contributed by atoms with Crippen LogP contribution in [0.3, 0.4) is 0 Å². The molecule has 1 saturated carbocycles. The summed E-state index contributed by atoms with van der Waals surface area (Å²) < 4.78 is 0. The molecule has 16 heavy (non-hydrogen) atoms. The van der Waals surface area contributed by atoms with Crippen molar-refractivity contribution in [3.63, 3.8) is 0 Å². The van der Waals surface area contributed by atoms with Crippen LogP contribution in [0.25, 0.3) is 0 Å². The zero-order valence-corrected chi connectivity index (χ0v) is 10.0. The van der Waals surface area contributed by atoms with Crippen molar-refractivity contribution in [3.8, 4) is 0 Å². The molecule has 0 spiro atoms. The number of carbonyl (C=O) groups is 1. The lowest BCUT2D eigenvalue weighted by Gasteiger charge is -2.36. The van der Waals surface area contributed by atoms with E-state index < -0.39 is 5.54 Å². The fraction of sp³-hybridized carbons (Fsp3) is 0.500. The summed E-state index contributed by atoms with van der Waals surface area (Å²) in [5.74, 6) is 0.338. The lowest BCUT2D eigenvalue weighted by Crippen LogP contribution is -2.49. The van der Waals surface area contributed by atoms with Gasteiger partial charge in [0.05, 0.1) is 0 Å². The molecule has 0 amide bonds. The van der Waals surface area contributed by atoms with Crippen molar-refractivity contribution in [2.24, 2.45) is 0 Å². The Kier molecular flexibility index (Phi) is 3.10. The molecular weight excluding hydrogens is 198 g/mol. The van der Waals surface area contributed by atoms with E-state index in [-0.39, 0.29) is 0 Å². The van der Waals surface area contributed by atoms with Crippen molar-refractivity contribution in [2.75, 3.05) is 7.05 Å². The predicted octanol–water partition coefficient (Wildman–Crippen LogP) is 2.55. The number of carbonyl (C=O) groups excluding carboxylic acids is 1. The van der Waals surface area contributed by atoms with Crippen LogP contribution in [0.5, 0.6) is 0 Å². The number of aryl methyl sites for hydroxylation is 1. The summed E-state index contributed by atoms with van der Waals surface area (Å²) in [5, 5.41) is 3.25. The normalized spacial score (nSPS) is 25.8. The number of likely N-dealkylation sites (N-methyl/N-ethyl adjacent to an activating group) is 1. The average Bonchev–Trinajstić information content (AvgIpc) is 2.31. The van der Waals surface area contributed by atoms with Crippen LogP contribution >= 0.6 is 0 Å². The van der Waals surface area contributed by atoms with Gasteiger partial charge in [-0.15, -0.1) is 0 Å². The Morgan fingerprint density at radius 2 is 1.88 bits per heavy atom. The first-order chi connectivity index (χ1) is 7.69. The van der Waals surface area contributed by atoms with E-state index in [1.54, 1.807) is 0 Å². The Balaban J connectivity index is 2.40. The molecule has 2 heteroatoms. The zero-order valence-electron chi connectivity index (χ0n) is 10.0. The molecule has 86 valence electrons. The van der Waals surface area contributed by atoms with Crippen molar-refractivity contribution in [2.45, 2.75) is 38.1 Å². The highest BCUT2D eigenvalue weighted by Gasteiger charge is 2.39. The molecular formula is C14H19NO. The predicted molar refractivity (Wildman–Crippen MR) is 65.4 cm³/mol. The highest BCUT2D eigenvalue weighted by atomic mass is 16.1. The van der Waals surface area contributed by atoms with E-state index in [4.69, 9.17) is 0 Å². The van der Waals surface area contributed by atoms with Crippen molar-refractivity contribution in [1.82, 2.24) is 5.32 Å². The molecule has 0 aromatic heterocycles. The Bertz CT molecular complexity index is 382. The molecule has 0 bridgehead atoms. The van der Waals surface area contributed by atoms with Crippen LogP contribution in [0.1, 0.15) is 36.8 Å². The second-order valence-corrected chi connectivity index (χ2v) is 4.65. The van der Waals surface area contributed by atoms with E-state index >= 15 is 0 Å². The molecule has 1 unspecified atom stereocenters. The first kappa shape index (κ1) is 11.3. The number of hydrogen-bond acceptors (Lipinski definition) is 2. The van der Waals surface area contributed by atoms with Gasteiger partial charge in [-0.3, -0.25) is 4.79 Å². The van der Waals surface area contributed by atoms with Gasteiger partial charge in [0, 0.05) is 6.42 Å². The van der Waals surface area contributed by atoms with Crippen LogP contribution in [0.4, 0.5) is 0 Å². The van der Waals surface area contributed by atoms with Gasteiger partial charge < -0.3 is 5.32 Å². The maximum absolute atomic E-state index is 12.2. The molecule has 2 nitrogen and oxygen atoms in total. The maximum Gasteiger partial charge on any atom is 0.157 e. The van der Waals surface area contributed by atoms with Crippen molar-refractivity contribution < 1.29 is 4.79 Å². The largest absolute Gasteiger partial charge is 0.304 e. The minimum atomic E-state index is -0.425. The minimum absolute atomic E-state index is 0.338. The molecule has 1 aromatic rings. The van der Waals surface area contributed by atoms with E-state index in [0.717, 1.165) is 24.8 Å². The number of ketones is 1. The van der Waals surface area contributed by atoms with E-state index in [1.165, 1.54) is 5.56 Å². The summed E-state index contributed by atoms with van der Waals surface area (Å²) >= 11 is 0. The fourth-order valence-electron chi connectivity index (χ4n) is 2.58. The summed E-state index contributed by atoms with van der Waals surface area (Å²) in [4.78, 5) is 12.2. The Morgan fingerprint density at radius 3 is 2.44 bits per heavy atom. The fourth-order valence-corrected chi connectivity index (χ4v) is 2.58. The second kappa shape index (κ2) is 4.38. The first-order valence-electron chi connectivity index (χ1n) is 5.98. The van der Waals surface area contributed by atoms with Gasteiger partial charge in [0.1, 0.15) is 5.54 Å². The van der Waals surface area contributed by atoms with Crippen molar-refractivity contribution >= 4 is 5.78 Å². The monoisotopic (exact) mass is 217 g/mol. The van der Waals surface area contributed by atoms with Gasteiger partial charge in [-0.25, -0.2) is 0 Å². The molecule has 0 aliphatic heterocycles. The quantitative estimate of drug-likeness (QED) is 0.825. The van der Waals surface area contributed by atoms with Crippen LogP contribution in [0, 0.1) is 6.92 Å². The number of nitrogens with one attached hydrogen (secondary N) is 1. The molecule has 1 aliphatic carbocycles. The van der Waals surface area contributed by atoms with Crippen LogP contribution < -0.4 is 5.32 Å². The van der Waals surface area contributed by atoms with Gasteiger partial charge in [0.25, 0.3) is 0 Å². The van der Waals surface area contributed by atoms with E-state index in [2.05, 4.69) is 36.5 Å². The molecule has 2 rings (SSSR count). The van der Waals surface area contributed by atoms with Crippen molar-refractivity contribution in [1.29, 1.82) is 0 Å². The molecule has 1 fully saturated rings.